The molecule has 0 aliphatic heterocycles. The topological polar surface area (TPSA) is 69.1 Å². The first-order valence-electron chi connectivity index (χ1n) is 8.42. The molecule has 0 aliphatic rings. The molecule has 4 rings (SSSR count). The fraction of sp³-hybridized carbons (Fsp3) is 0.263. The highest BCUT2D eigenvalue weighted by Crippen LogP contribution is 2.37. The smallest absolute Gasteiger partial charge is 0.239 e. The minimum absolute atomic E-state index is 0.0203. The lowest BCUT2D eigenvalue weighted by Crippen LogP contribution is -1.99. The van der Waals surface area contributed by atoms with Crippen LogP contribution in [0.2, 0.25) is 0 Å². The Morgan fingerprint density at radius 2 is 1.85 bits per heavy atom. The largest absolute Gasteiger partial charge is 0.338 e. The van der Waals surface area contributed by atoms with Gasteiger partial charge in [-0.15, -0.1) is 0 Å². The van der Waals surface area contributed by atoms with Gasteiger partial charge in [-0.1, -0.05) is 47.3 Å². The maximum Gasteiger partial charge on any atom is 0.239 e. The van der Waals surface area contributed by atoms with Gasteiger partial charge in [0.05, 0.1) is 22.2 Å². The minimum atomic E-state index is -0.0203. The molecule has 0 saturated carbocycles. The van der Waals surface area contributed by atoms with E-state index in [0.29, 0.717) is 11.7 Å². The van der Waals surface area contributed by atoms with Crippen LogP contribution < -0.4 is 0 Å². The first-order valence-corrected chi connectivity index (χ1v) is 9.30. The molecule has 3 heterocycles. The summed E-state index contributed by atoms with van der Waals surface area (Å²) in [5, 5.41) is 9.38. The Balaban J connectivity index is 1.84. The number of aryl methyl sites for hydroxylation is 3. The number of fused-ring (bicyclic) bond motifs is 1. The Labute approximate surface area is 155 Å². The molecule has 0 saturated heterocycles. The Bertz CT molecular complexity index is 1070. The summed E-state index contributed by atoms with van der Waals surface area (Å²) in [6.07, 6.45) is 0. The van der Waals surface area contributed by atoms with Crippen molar-refractivity contribution >= 4 is 17.3 Å². The van der Waals surface area contributed by atoms with Gasteiger partial charge in [-0.05, 0) is 39.3 Å². The molecule has 0 N–H and O–H groups in total. The first-order chi connectivity index (χ1) is 12.5. The molecule has 4 aromatic rings. The number of aromatic nitrogens is 5. The molecule has 0 aliphatic carbocycles. The van der Waals surface area contributed by atoms with Gasteiger partial charge in [0.1, 0.15) is 0 Å². The van der Waals surface area contributed by atoms with Crippen molar-refractivity contribution in [3.8, 4) is 11.3 Å². The Morgan fingerprint density at radius 3 is 2.54 bits per heavy atom. The van der Waals surface area contributed by atoms with Gasteiger partial charge in [-0.2, -0.15) is 10.1 Å². The summed E-state index contributed by atoms with van der Waals surface area (Å²) < 4.78 is 7.24. The van der Waals surface area contributed by atoms with Crippen LogP contribution in [0.25, 0.3) is 16.8 Å². The molecule has 3 aromatic heterocycles. The highest BCUT2D eigenvalue weighted by Gasteiger charge is 2.21. The van der Waals surface area contributed by atoms with Gasteiger partial charge in [0.2, 0.25) is 5.89 Å². The third-order valence-corrected chi connectivity index (χ3v) is 5.13. The van der Waals surface area contributed by atoms with E-state index in [4.69, 9.17) is 14.6 Å². The van der Waals surface area contributed by atoms with Gasteiger partial charge in [0.15, 0.2) is 11.0 Å². The monoisotopic (exact) mass is 365 g/mol. The molecular weight excluding hydrogens is 346 g/mol. The van der Waals surface area contributed by atoms with Crippen molar-refractivity contribution in [2.24, 2.45) is 0 Å². The van der Waals surface area contributed by atoms with E-state index in [1.54, 1.807) is 11.8 Å². The number of benzene rings is 1. The summed E-state index contributed by atoms with van der Waals surface area (Å²) in [7, 11) is 0. The lowest BCUT2D eigenvalue weighted by Gasteiger charge is -2.06. The van der Waals surface area contributed by atoms with Crippen LogP contribution in [0, 0.1) is 20.8 Å². The number of imidazole rings is 1. The second-order valence-corrected chi connectivity index (χ2v) is 7.59. The van der Waals surface area contributed by atoms with E-state index in [1.165, 1.54) is 0 Å². The van der Waals surface area contributed by atoms with Gasteiger partial charge < -0.3 is 4.52 Å². The zero-order chi connectivity index (χ0) is 18.3. The third kappa shape index (κ3) is 2.99. The number of hydrogen-bond donors (Lipinski definition) is 0. The van der Waals surface area contributed by atoms with Crippen molar-refractivity contribution in [2.45, 2.75) is 38.1 Å². The number of hydrogen-bond acceptors (Lipinski definition) is 6. The molecule has 6 nitrogen and oxygen atoms in total. The summed E-state index contributed by atoms with van der Waals surface area (Å²) in [5.41, 5.74) is 5.14. The molecule has 0 radical (unpaired) electrons. The van der Waals surface area contributed by atoms with Crippen LogP contribution in [0.5, 0.6) is 0 Å². The summed E-state index contributed by atoms with van der Waals surface area (Å²) >= 11 is 1.57. The molecule has 26 heavy (non-hydrogen) atoms. The van der Waals surface area contributed by atoms with Crippen LogP contribution in [0.15, 0.2) is 46.1 Å². The van der Waals surface area contributed by atoms with Crippen LogP contribution in [-0.2, 0) is 0 Å². The molecule has 0 bridgehead atoms. The number of thioether (sulfide) groups is 1. The lowest BCUT2D eigenvalue weighted by molar-refractivity contribution is 0.376. The van der Waals surface area contributed by atoms with E-state index in [9.17, 15) is 0 Å². The van der Waals surface area contributed by atoms with Crippen LogP contribution in [-0.4, -0.2) is 24.7 Å². The molecule has 1 atom stereocenters. The van der Waals surface area contributed by atoms with Crippen LogP contribution in [0.4, 0.5) is 0 Å². The van der Waals surface area contributed by atoms with Crippen LogP contribution >= 0.6 is 11.8 Å². The molecule has 0 fully saturated rings. The average Bonchev–Trinajstić information content (AvgIpc) is 3.20. The fourth-order valence-electron chi connectivity index (χ4n) is 2.97. The third-order valence-electron chi connectivity index (χ3n) is 4.10. The molecule has 7 heteroatoms. The van der Waals surface area contributed by atoms with Gasteiger partial charge in [0.25, 0.3) is 0 Å². The standard InChI is InChI=1S/C19H19N5OS/c1-11-10-12(2)22-24-17(11)16(15-8-6-5-7-9-15)21-19(24)26-13(3)18-20-14(4)23-25-18/h5-10,13H,1-4H3. The van der Waals surface area contributed by atoms with E-state index in [0.717, 1.165) is 33.2 Å². The van der Waals surface area contributed by atoms with E-state index in [1.807, 2.05) is 43.5 Å². The molecule has 1 unspecified atom stereocenters. The Hall–Kier alpha value is -2.67. The van der Waals surface area contributed by atoms with E-state index < -0.39 is 0 Å². The van der Waals surface area contributed by atoms with Crippen molar-refractivity contribution in [2.75, 3.05) is 0 Å². The molecule has 1 aromatic carbocycles. The maximum atomic E-state index is 5.31. The normalized spacial score (nSPS) is 12.6. The predicted molar refractivity (Wildman–Crippen MR) is 101 cm³/mol. The highest BCUT2D eigenvalue weighted by molar-refractivity contribution is 7.99. The number of rotatable bonds is 4. The lowest BCUT2D eigenvalue weighted by atomic mass is 10.1. The van der Waals surface area contributed by atoms with Crippen LogP contribution in [0.3, 0.4) is 0 Å². The summed E-state index contributed by atoms with van der Waals surface area (Å²) in [5.74, 6) is 1.23. The SMILES string of the molecule is Cc1cc(C)c2c(-c3ccccc3)nc(SC(C)c3nc(C)no3)n2n1. The van der Waals surface area contributed by atoms with Crippen molar-refractivity contribution in [3.05, 3.63) is 59.4 Å². The van der Waals surface area contributed by atoms with Gasteiger partial charge in [0, 0.05) is 5.56 Å². The highest BCUT2D eigenvalue weighted by atomic mass is 32.2. The zero-order valence-electron chi connectivity index (χ0n) is 15.1. The minimum Gasteiger partial charge on any atom is -0.338 e. The summed E-state index contributed by atoms with van der Waals surface area (Å²) in [4.78, 5) is 9.24. The second-order valence-electron chi connectivity index (χ2n) is 6.28. The number of nitrogens with zero attached hydrogens (tertiary/aromatic N) is 5. The fourth-order valence-corrected chi connectivity index (χ4v) is 3.86. The predicted octanol–water partition coefficient (Wildman–Crippen LogP) is 4.56. The molecule has 0 spiro atoms. The van der Waals surface area contributed by atoms with Gasteiger partial charge in [-0.3, -0.25) is 0 Å². The van der Waals surface area contributed by atoms with E-state index >= 15 is 0 Å². The van der Waals surface area contributed by atoms with Crippen molar-refractivity contribution in [3.63, 3.8) is 0 Å². The van der Waals surface area contributed by atoms with E-state index in [2.05, 4.69) is 35.3 Å². The summed E-state index contributed by atoms with van der Waals surface area (Å²) in [6, 6.07) is 12.3. The quantitative estimate of drug-likeness (QED) is 0.494. The summed E-state index contributed by atoms with van der Waals surface area (Å²) in [6.45, 7) is 7.94. The van der Waals surface area contributed by atoms with Crippen molar-refractivity contribution < 1.29 is 4.52 Å². The average molecular weight is 365 g/mol. The molecular formula is C19H19N5OS. The molecule has 132 valence electrons. The van der Waals surface area contributed by atoms with Crippen molar-refractivity contribution in [1.82, 2.24) is 24.7 Å². The van der Waals surface area contributed by atoms with Gasteiger partial charge in [-0.25, -0.2) is 9.50 Å². The Kier molecular flexibility index (Phi) is 4.24. The zero-order valence-corrected chi connectivity index (χ0v) is 15.9. The maximum absolute atomic E-state index is 5.31. The van der Waals surface area contributed by atoms with Crippen LogP contribution in [0.1, 0.15) is 35.1 Å². The van der Waals surface area contributed by atoms with Gasteiger partial charge >= 0.3 is 0 Å². The Morgan fingerprint density at radius 1 is 1.08 bits per heavy atom. The van der Waals surface area contributed by atoms with E-state index in [-0.39, 0.29) is 5.25 Å². The first kappa shape index (κ1) is 16.8. The second kappa shape index (κ2) is 6.57. The molecule has 0 amide bonds. The van der Waals surface area contributed by atoms with Crippen molar-refractivity contribution in [1.29, 1.82) is 0 Å².